The van der Waals surface area contributed by atoms with E-state index in [0.717, 1.165) is 25.8 Å². The van der Waals surface area contributed by atoms with Crippen LogP contribution in [0.25, 0.3) is 11.6 Å². The Morgan fingerprint density at radius 3 is 2.57 bits per heavy atom. The van der Waals surface area contributed by atoms with E-state index in [1.165, 1.54) is 0 Å². The van der Waals surface area contributed by atoms with Gasteiger partial charge in [0, 0.05) is 10.0 Å². The van der Waals surface area contributed by atoms with Crippen molar-refractivity contribution in [3.63, 3.8) is 0 Å². The molecule has 0 aromatic heterocycles. The number of hydrogen-bond donors (Lipinski definition) is 0. The second kappa shape index (κ2) is 7.44. The number of allylic oxidation sites excluding steroid dienone is 1. The Hall–Kier alpha value is -1.57. The van der Waals surface area contributed by atoms with Crippen LogP contribution in [-0.2, 0) is 0 Å². The number of nitrogens with zero attached hydrogens (tertiary/aromatic N) is 1. The predicted octanol–water partition coefficient (Wildman–Crippen LogP) is 5.67. The molecule has 0 radical (unpaired) electrons. The fourth-order valence-corrected chi connectivity index (χ4v) is 3.31. The first-order valence-electron chi connectivity index (χ1n) is 6.44. The summed E-state index contributed by atoms with van der Waals surface area (Å²) in [7, 11) is 0. The average molecular weight is 407 g/mol. The van der Waals surface area contributed by atoms with Gasteiger partial charge in [-0.3, -0.25) is 0 Å². The lowest BCUT2D eigenvalue weighted by molar-refractivity contribution is 0.337. The van der Waals surface area contributed by atoms with Crippen molar-refractivity contribution in [2.75, 3.05) is 6.61 Å². The average Bonchev–Trinajstić information content (AvgIpc) is 2.49. The van der Waals surface area contributed by atoms with Gasteiger partial charge in [0.05, 0.1) is 22.7 Å². The van der Waals surface area contributed by atoms with Crippen molar-refractivity contribution in [2.45, 2.75) is 6.92 Å². The van der Waals surface area contributed by atoms with Gasteiger partial charge in [-0.05, 0) is 46.6 Å². The molecule has 0 aliphatic heterocycles. The maximum absolute atomic E-state index is 9.42. The summed E-state index contributed by atoms with van der Waals surface area (Å²) < 4.78 is 7.46. The molecule has 0 atom stereocenters. The summed E-state index contributed by atoms with van der Waals surface area (Å²) in [6.07, 6.45) is 1.84. The van der Waals surface area contributed by atoms with E-state index < -0.39 is 0 Å². The Kier molecular flexibility index (Phi) is 5.60. The largest absolute Gasteiger partial charge is 0.492 e. The molecule has 106 valence electrons. The summed E-state index contributed by atoms with van der Waals surface area (Å²) in [4.78, 5) is 0. The van der Waals surface area contributed by atoms with E-state index in [2.05, 4.69) is 37.9 Å². The monoisotopic (exact) mass is 405 g/mol. The predicted molar refractivity (Wildman–Crippen MR) is 92.9 cm³/mol. The molecule has 0 saturated heterocycles. The Morgan fingerprint density at radius 1 is 1.24 bits per heavy atom. The van der Waals surface area contributed by atoms with Gasteiger partial charge in [0.15, 0.2) is 0 Å². The molecule has 0 N–H and O–H groups in total. The molecule has 2 nitrogen and oxygen atoms in total. The molecule has 0 unspecified atom stereocenters. The molecule has 0 amide bonds. The van der Waals surface area contributed by atoms with Gasteiger partial charge >= 0.3 is 0 Å². The molecule has 0 fully saturated rings. The molecule has 2 aromatic carbocycles. The van der Waals surface area contributed by atoms with Crippen molar-refractivity contribution in [1.29, 1.82) is 5.26 Å². The maximum atomic E-state index is 9.42. The van der Waals surface area contributed by atoms with E-state index in [9.17, 15) is 5.26 Å². The molecule has 0 spiro atoms. The molecule has 0 bridgehead atoms. The minimum Gasteiger partial charge on any atom is -0.492 e. The van der Waals surface area contributed by atoms with Crippen LogP contribution in [0.3, 0.4) is 0 Å². The van der Waals surface area contributed by atoms with Gasteiger partial charge in [-0.1, -0.05) is 46.3 Å². The number of nitriles is 1. The molecule has 21 heavy (non-hydrogen) atoms. The van der Waals surface area contributed by atoms with E-state index in [1.807, 2.05) is 55.5 Å². The highest BCUT2D eigenvalue weighted by atomic mass is 79.9. The lowest BCUT2D eigenvalue weighted by Gasteiger charge is -2.11. The van der Waals surface area contributed by atoms with Gasteiger partial charge in [0.2, 0.25) is 0 Å². The van der Waals surface area contributed by atoms with Crippen molar-refractivity contribution < 1.29 is 4.74 Å². The first-order valence-corrected chi connectivity index (χ1v) is 8.03. The number of hydrogen-bond acceptors (Lipinski definition) is 2. The zero-order valence-electron chi connectivity index (χ0n) is 11.4. The first kappa shape index (κ1) is 15.8. The van der Waals surface area contributed by atoms with Crippen molar-refractivity contribution in [3.05, 3.63) is 62.5 Å². The van der Waals surface area contributed by atoms with E-state index in [4.69, 9.17) is 4.74 Å². The molecule has 0 heterocycles. The molecular formula is C17H13Br2NO. The van der Waals surface area contributed by atoms with E-state index in [0.29, 0.717) is 12.2 Å². The van der Waals surface area contributed by atoms with Crippen LogP contribution in [0.5, 0.6) is 5.75 Å². The highest BCUT2D eigenvalue weighted by molar-refractivity contribution is 9.11. The van der Waals surface area contributed by atoms with Crippen LogP contribution in [0.15, 0.2) is 51.4 Å². The lowest BCUT2D eigenvalue weighted by atomic mass is 10.0. The summed E-state index contributed by atoms with van der Waals surface area (Å²) in [5.74, 6) is 0.740. The van der Waals surface area contributed by atoms with Crippen LogP contribution in [0.4, 0.5) is 0 Å². The molecule has 0 aliphatic carbocycles. The SMILES string of the molecule is CCOc1c(Br)cc(Br)cc1/C=C(\C#N)c1ccccc1. The van der Waals surface area contributed by atoms with Gasteiger partial charge in [-0.15, -0.1) is 0 Å². The Morgan fingerprint density at radius 2 is 1.95 bits per heavy atom. The van der Waals surface area contributed by atoms with Crippen LogP contribution >= 0.6 is 31.9 Å². The van der Waals surface area contributed by atoms with E-state index >= 15 is 0 Å². The third kappa shape index (κ3) is 3.96. The molecule has 0 aliphatic rings. The van der Waals surface area contributed by atoms with Gasteiger partial charge in [-0.2, -0.15) is 5.26 Å². The maximum Gasteiger partial charge on any atom is 0.140 e. The van der Waals surface area contributed by atoms with E-state index in [1.54, 1.807) is 0 Å². The van der Waals surface area contributed by atoms with Gasteiger partial charge < -0.3 is 4.74 Å². The van der Waals surface area contributed by atoms with Crippen molar-refractivity contribution in [2.24, 2.45) is 0 Å². The summed E-state index contributed by atoms with van der Waals surface area (Å²) in [6.45, 7) is 2.50. The molecular weight excluding hydrogens is 394 g/mol. The fraction of sp³-hybridized carbons (Fsp3) is 0.118. The van der Waals surface area contributed by atoms with Crippen LogP contribution in [0.1, 0.15) is 18.1 Å². The van der Waals surface area contributed by atoms with E-state index in [-0.39, 0.29) is 0 Å². The second-order valence-electron chi connectivity index (χ2n) is 4.27. The standard InChI is InChI=1S/C17H13Br2NO/c1-2-21-17-13(9-15(18)10-16(17)19)8-14(11-20)12-6-4-3-5-7-12/h3-10H,2H2,1H3/b14-8+. The third-order valence-corrected chi connectivity index (χ3v) is 3.88. The van der Waals surface area contributed by atoms with Crippen LogP contribution in [0.2, 0.25) is 0 Å². The second-order valence-corrected chi connectivity index (χ2v) is 6.04. The third-order valence-electron chi connectivity index (χ3n) is 2.83. The summed E-state index contributed by atoms with van der Waals surface area (Å²) in [5, 5.41) is 9.42. The van der Waals surface area contributed by atoms with Crippen LogP contribution < -0.4 is 4.74 Å². The lowest BCUT2D eigenvalue weighted by Crippen LogP contribution is -1.95. The van der Waals surface area contributed by atoms with Crippen molar-refractivity contribution >= 4 is 43.5 Å². The summed E-state index contributed by atoms with van der Waals surface area (Å²) in [5.41, 5.74) is 2.35. The molecule has 0 saturated carbocycles. The van der Waals surface area contributed by atoms with Crippen LogP contribution in [0, 0.1) is 11.3 Å². The number of benzene rings is 2. The first-order chi connectivity index (χ1) is 10.2. The quantitative estimate of drug-likeness (QED) is 0.483. The highest BCUT2D eigenvalue weighted by Gasteiger charge is 2.10. The Bertz CT molecular complexity index is 703. The summed E-state index contributed by atoms with van der Waals surface area (Å²) >= 11 is 6.97. The van der Waals surface area contributed by atoms with Gasteiger partial charge in [0.1, 0.15) is 5.75 Å². The zero-order chi connectivity index (χ0) is 15.2. The molecule has 4 heteroatoms. The fourth-order valence-electron chi connectivity index (χ4n) is 1.94. The number of ether oxygens (including phenoxy) is 1. The zero-order valence-corrected chi connectivity index (χ0v) is 14.6. The Labute approximate surface area is 141 Å². The number of rotatable bonds is 4. The topological polar surface area (TPSA) is 33.0 Å². The highest BCUT2D eigenvalue weighted by Crippen LogP contribution is 2.35. The number of halogens is 2. The normalized spacial score (nSPS) is 11.0. The smallest absolute Gasteiger partial charge is 0.140 e. The minimum absolute atomic E-state index is 0.564. The summed E-state index contributed by atoms with van der Waals surface area (Å²) in [6, 6.07) is 15.7. The van der Waals surface area contributed by atoms with Gasteiger partial charge in [-0.25, -0.2) is 0 Å². The minimum atomic E-state index is 0.564. The molecule has 2 rings (SSSR count). The molecule has 2 aromatic rings. The Balaban J connectivity index is 2.55. The van der Waals surface area contributed by atoms with Crippen LogP contribution in [-0.4, -0.2) is 6.61 Å². The van der Waals surface area contributed by atoms with Crippen molar-refractivity contribution in [1.82, 2.24) is 0 Å². The van der Waals surface area contributed by atoms with Gasteiger partial charge in [0.25, 0.3) is 0 Å². The van der Waals surface area contributed by atoms with Crippen molar-refractivity contribution in [3.8, 4) is 11.8 Å².